The van der Waals surface area contributed by atoms with E-state index >= 15 is 0 Å². The quantitative estimate of drug-likeness (QED) is 0.569. The Kier molecular flexibility index (Phi) is 7.99. The predicted molar refractivity (Wildman–Crippen MR) is 99.1 cm³/mol. The Morgan fingerprint density at radius 3 is 2.35 bits per heavy atom. The van der Waals surface area contributed by atoms with Crippen molar-refractivity contribution in [2.75, 3.05) is 27.4 Å². The molecule has 0 spiro atoms. The Balaban J connectivity index is 1.75. The van der Waals surface area contributed by atoms with Gasteiger partial charge in [-0.3, -0.25) is 4.79 Å². The summed E-state index contributed by atoms with van der Waals surface area (Å²) in [6.07, 6.45) is 8.94. The highest BCUT2D eigenvalue weighted by Crippen LogP contribution is 2.23. The molecule has 26 heavy (non-hydrogen) atoms. The van der Waals surface area contributed by atoms with Crippen LogP contribution in [-0.2, 0) is 14.3 Å². The van der Waals surface area contributed by atoms with E-state index in [-0.39, 0.29) is 12.5 Å². The lowest BCUT2D eigenvalue weighted by Crippen LogP contribution is -2.33. The van der Waals surface area contributed by atoms with Crippen LogP contribution in [0.15, 0.2) is 24.3 Å². The monoisotopic (exact) mass is 361 g/mol. The third-order valence-electron chi connectivity index (χ3n) is 4.44. The van der Waals surface area contributed by atoms with Crippen LogP contribution in [0, 0.1) is 5.92 Å². The molecule has 1 aliphatic rings. The van der Waals surface area contributed by atoms with Gasteiger partial charge in [-0.05, 0) is 42.5 Å². The van der Waals surface area contributed by atoms with Crippen LogP contribution in [0.5, 0.6) is 11.5 Å². The minimum Gasteiger partial charge on any atom is -0.497 e. The molecule has 1 amide bonds. The van der Waals surface area contributed by atoms with Crippen LogP contribution in [0.2, 0.25) is 0 Å². The Bertz CT molecular complexity index is 613. The van der Waals surface area contributed by atoms with Crippen LogP contribution < -0.4 is 14.8 Å². The number of nitrogens with one attached hydrogen (secondary N) is 1. The van der Waals surface area contributed by atoms with Crippen LogP contribution in [-0.4, -0.2) is 39.2 Å². The Hall–Kier alpha value is -2.50. The van der Waals surface area contributed by atoms with E-state index in [1.54, 1.807) is 38.5 Å². The smallest absolute Gasteiger partial charge is 0.331 e. The van der Waals surface area contributed by atoms with Gasteiger partial charge in [0.1, 0.15) is 11.5 Å². The number of amides is 1. The minimum atomic E-state index is -0.570. The van der Waals surface area contributed by atoms with E-state index in [1.807, 2.05) is 0 Å². The van der Waals surface area contributed by atoms with E-state index in [0.717, 1.165) is 18.4 Å². The molecule has 0 aromatic heterocycles. The summed E-state index contributed by atoms with van der Waals surface area (Å²) >= 11 is 0. The van der Waals surface area contributed by atoms with E-state index in [1.165, 1.54) is 25.3 Å². The maximum atomic E-state index is 11.8. The Labute approximate surface area is 154 Å². The van der Waals surface area contributed by atoms with Crippen molar-refractivity contribution >= 4 is 18.0 Å². The first-order valence-electron chi connectivity index (χ1n) is 8.95. The molecule has 142 valence electrons. The van der Waals surface area contributed by atoms with Crippen LogP contribution >= 0.6 is 0 Å². The van der Waals surface area contributed by atoms with Gasteiger partial charge >= 0.3 is 5.97 Å². The molecule has 1 saturated carbocycles. The molecular formula is C20H27NO5. The number of hydrogen-bond acceptors (Lipinski definition) is 5. The van der Waals surface area contributed by atoms with Crippen molar-refractivity contribution in [1.29, 1.82) is 0 Å². The SMILES string of the molecule is COc1cc(/C=C/C(=O)OCC(=O)NCC2CCCCC2)cc(OC)c1. The fourth-order valence-electron chi connectivity index (χ4n) is 2.98. The lowest BCUT2D eigenvalue weighted by molar-refractivity contribution is -0.143. The summed E-state index contributed by atoms with van der Waals surface area (Å²) in [6.45, 7) is 0.396. The van der Waals surface area contributed by atoms with Gasteiger partial charge in [-0.2, -0.15) is 0 Å². The van der Waals surface area contributed by atoms with Gasteiger partial charge in [0.2, 0.25) is 0 Å². The number of hydrogen-bond donors (Lipinski definition) is 1. The van der Waals surface area contributed by atoms with E-state index < -0.39 is 5.97 Å². The van der Waals surface area contributed by atoms with Gasteiger partial charge in [0.15, 0.2) is 6.61 Å². The standard InChI is InChI=1S/C20H27NO5/c1-24-17-10-16(11-18(12-17)25-2)8-9-20(23)26-14-19(22)21-13-15-6-4-3-5-7-15/h8-12,15H,3-7,13-14H2,1-2H3,(H,21,22)/b9-8+. The maximum absolute atomic E-state index is 11.8. The fraction of sp³-hybridized carbons (Fsp3) is 0.500. The molecule has 6 nitrogen and oxygen atoms in total. The summed E-state index contributed by atoms with van der Waals surface area (Å²) in [4.78, 5) is 23.6. The van der Waals surface area contributed by atoms with Crippen LogP contribution in [0.1, 0.15) is 37.7 Å². The zero-order chi connectivity index (χ0) is 18.8. The van der Waals surface area contributed by atoms with Crippen molar-refractivity contribution in [3.05, 3.63) is 29.8 Å². The van der Waals surface area contributed by atoms with Crippen LogP contribution in [0.3, 0.4) is 0 Å². The third-order valence-corrected chi connectivity index (χ3v) is 4.44. The first-order chi connectivity index (χ1) is 12.6. The van der Waals surface area contributed by atoms with E-state index in [2.05, 4.69) is 5.32 Å². The third kappa shape index (κ3) is 6.78. The zero-order valence-electron chi connectivity index (χ0n) is 15.5. The fourth-order valence-corrected chi connectivity index (χ4v) is 2.98. The molecule has 0 atom stereocenters. The van der Waals surface area contributed by atoms with Crippen molar-refractivity contribution in [1.82, 2.24) is 5.32 Å². The molecular weight excluding hydrogens is 334 g/mol. The second-order valence-corrected chi connectivity index (χ2v) is 6.40. The number of methoxy groups -OCH3 is 2. The predicted octanol–water partition coefficient (Wildman–Crippen LogP) is 2.96. The summed E-state index contributed by atoms with van der Waals surface area (Å²) in [7, 11) is 3.12. The van der Waals surface area contributed by atoms with Gasteiger partial charge in [-0.15, -0.1) is 0 Å². The van der Waals surface area contributed by atoms with Crippen molar-refractivity contribution in [3.8, 4) is 11.5 Å². The average Bonchev–Trinajstić information content (AvgIpc) is 2.69. The van der Waals surface area contributed by atoms with Crippen LogP contribution in [0.4, 0.5) is 0 Å². The molecule has 1 aromatic rings. The van der Waals surface area contributed by atoms with Crippen LogP contribution in [0.25, 0.3) is 6.08 Å². The number of benzene rings is 1. The number of esters is 1. The molecule has 0 unspecified atom stereocenters. The molecule has 0 heterocycles. The molecule has 2 rings (SSSR count). The summed E-state index contributed by atoms with van der Waals surface area (Å²) in [5.74, 6) is 0.963. The van der Waals surface area contributed by atoms with E-state index in [4.69, 9.17) is 14.2 Å². The molecule has 1 N–H and O–H groups in total. The highest BCUT2D eigenvalue weighted by atomic mass is 16.5. The van der Waals surface area contributed by atoms with Crippen molar-refractivity contribution in [2.24, 2.45) is 5.92 Å². The maximum Gasteiger partial charge on any atom is 0.331 e. The highest BCUT2D eigenvalue weighted by Gasteiger charge is 2.14. The lowest BCUT2D eigenvalue weighted by atomic mass is 9.89. The number of carbonyl (C=O) groups excluding carboxylic acids is 2. The molecule has 1 aromatic carbocycles. The second-order valence-electron chi connectivity index (χ2n) is 6.40. The lowest BCUT2D eigenvalue weighted by Gasteiger charge is -2.21. The molecule has 0 saturated heterocycles. The Morgan fingerprint density at radius 2 is 1.73 bits per heavy atom. The topological polar surface area (TPSA) is 73.9 Å². The first-order valence-corrected chi connectivity index (χ1v) is 8.95. The van der Waals surface area contributed by atoms with Gasteiger partial charge in [-0.1, -0.05) is 19.3 Å². The van der Waals surface area contributed by atoms with Crippen molar-refractivity contribution in [3.63, 3.8) is 0 Å². The van der Waals surface area contributed by atoms with Gasteiger partial charge in [0.25, 0.3) is 5.91 Å². The molecule has 0 aliphatic heterocycles. The zero-order valence-corrected chi connectivity index (χ0v) is 15.5. The first kappa shape index (κ1) is 19.8. The largest absolute Gasteiger partial charge is 0.497 e. The van der Waals surface area contributed by atoms with Crippen molar-refractivity contribution < 1.29 is 23.8 Å². The summed E-state index contributed by atoms with van der Waals surface area (Å²) in [5.41, 5.74) is 0.736. The molecule has 1 fully saturated rings. The molecule has 1 aliphatic carbocycles. The molecule has 0 radical (unpaired) electrons. The highest BCUT2D eigenvalue weighted by molar-refractivity contribution is 5.89. The van der Waals surface area contributed by atoms with E-state index in [9.17, 15) is 9.59 Å². The van der Waals surface area contributed by atoms with Gasteiger partial charge in [-0.25, -0.2) is 4.79 Å². The number of rotatable bonds is 8. The second kappa shape index (κ2) is 10.5. The van der Waals surface area contributed by atoms with E-state index in [0.29, 0.717) is 24.0 Å². The minimum absolute atomic E-state index is 0.264. The van der Waals surface area contributed by atoms with Crippen molar-refractivity contribution in [2.45, 2.75) is 32.1 Å². The normalized spacial score (nSPS) is 14.8. The number of carbonyl (C=O) groups is 2. The summed E-state index contributed by atoms with van der Waals surface area (Å²) in [5, 5.41) is 2.84. The van der Waals surface area contributed by atoms with Gasteiger partial charge < -0.3 is 19.5 Å². The summed E-state index contributed by atoms with van der Waals surface area (Å²) in [6, 6.07) is 5.28. The Morgan fingerprint density at radius 1 is 1.08 bits per heavy atom. The van der Waals surface area contributed by atoms with Gasteiger partial charge in [0, 0.05) is 18.7 Å². The molecule has 6 heteroatoms. The summed E-state index contributed by atoms with van der Waals surface area (Å²) < 4.78 is 15.3. The molecule has 0 bridgehead atoms. The average molecular weight is 361 g/mol. The van der Waals surface area contributed by atoms with Gasteiger partial charge in [0.05, 0.1) is 14.2 Å². The number of ether oxygens (including phenoxy) is 3.